The van der Waals surface area contributed by atoms with Crippen molar-refractivity contribution in [3.05, 3.63) is 59.7 Å². The van der Waals surface area contributed by atoms with Crippen LogP contribution in [0.1, 0.15) is 17.9 Å². The molecule has 1 saturated heterocycles. The molecule has 0 aromatic heterocycles. The predicted octanol–water partition coefficient (Wildman–Crippen LogP) is 2.74. The van der Waals surface area contributed by atoms with Gasteiger partial charge in [-0.3, -0.25) is 9.59 Å². The smallest absolute Gasteiger partial charge is 0.230 e. The number of piperazine rings is 1. The lowest BCUT2D eigenvalue weighted by atomic mass is 9.89. The summed E-state index contributed by atoms with van der Waals surface area (Å²) in [5, 5.41) is 2.62. The fourth-order valence-corrected chi connectivity index (χ4v) is 3.75. The standard InChI is InChI=1S/C20H19F2N3O2/c21-13-5-6-14-15(12-19(26)23-17(14)11-13)20(27)25-9-7-24(8-10-25)18-4-2-1-3-16(18)22/h1-6,11,15H,7-10,12H2,(H,23,26)/t15-/m0/s1. The van der Waals surface area contributed by atoms with E-state index in [-0.39, 0.29) is 24.1 Å². The van der Waals surface area contributed by atoms with Crippen LogP contribution in [0.5, 0.6) is 0 Å². The van der Waals surface area contributed by atoms with Gasteiger partial charge in [-0.05, 0) is 29.8 Å². The molecule has 4 rings (SSSR count). The lowest BCUT2D eigenvalue weighted by Gasteiger charge is -2.38. The van der Waals surface area contributed by atoms with Crippen molar-refractivity contribution in [2.45, 2.75) is 12.3 Å². The first-order valence-corrected chi connectivity index (χ1v) is 8.90. The molecular weight excluding hydrogens is 352 g/mol. The van der Waals surface area contributed by atoms with Crippen LogP contribution in [-0.2, 0) is 9.59 Å². The fraction of sp³-hybridized carbons (Fsp3) is 0.300. The summed E-state index contributed by atoms with van der Waals surface area (Å²) < 4.78 is 27.4. The Kier molecular flexibility index (Phi) is 4.51. The van der Waals surface area contributed by atoms with Crippen LogP contribution in [0.25, 0.3) is 0 Å². The quantitative estimate of drug-likeness (QED) is 0.883. The number of halogens is 2. The lowest BCUT2D eigenvalue weighted by molar-refractivity contribution is -0.135. The second-order valence-electron chi connectivity index (χ2n) is 6.80. The number of hydrogen-bond acceptors (Lipinski definition) is 3. The first-order chi connectivity index (χ1) is 13.0. The van der Waals surface area contributed by atoms with E-state index in [1.165, 1.54) is 18.2 Å². The second-order valence-corrected chi connectivity index (χ2v) is 6.80. The molecule has 0 saturated carbocycles. The highest BCUT2D eigenvalue weighted by molar-refractivity contribution is 6.01. The van der Waals surface area contributed by atoms with Gasteiger partial charge in [0.2, 0.25) is 11.8 Å². The van der Waals surface area contributed by atoms with Gasteiger partial charge in [-0.15, -0.1) is 0 Å². The average Bonchev–Trinajstić information content (AvgIpc) is 2.67. The second kappa shape index (κ2) is 6.98. The van der Waals surface area contributed by atoms with E-state index in [0.29, 0.717) is 43.1 Å². The molecule has 0 aliphatic carbocycles. The molecule has 27 heavy (non-hydrogen) atoms. The number of carbonyl (C=O) groups excluding carboxylic acids is 2. The van der Waals surface area contributed by atoms with E-state index in [9.17, 15) is 18.4 Å². The maximum Gasteiger partial charge on any atom is 0.230 e. The molecule has 2 heterocycles. The lowest BCUT2D eigenvalue weighted by Crippen LogP contribution is -2.51. The van der Waals surface area contributed by atoms with Gasteiger partial charge in [0.05, 0.1) is 11.6 Å². The molecule has 2 amide bonds. The zero-order valence-electron chi connectivity index (χ0n) is 14.6. The van der Waals surface area contributed by atoms with Gasteiger partial charge in [0, 0.05) is 38.3 Å². The Morgan fingerprint density at radius 1 is 1.04 bits per heavy atom. The molecular formula is C20H19F2N3O2. The molecule has 5 nitrogen and oxygen atoms in total. The Bertz CT molecular complexity index is 895. The van der Waals surface area contributed by atoms with E-state index < -0.39 is 11.7 Å². The third kappa shape index (κ3) is 3.37. The van der Waals surface area contributed by atoms with Crippen molar-refractivity contribution in [3.63, 3.8) is 0 Å². The van der Waals surface area contributed by atoms with Gasteiger partial charge in [0.1, 0.15) is 11.6 Å². The van der Waals surface area contributed by atoms with E-state index in [1.807, 2.05) is 4.90 Å². The van der Waals surface area contributed by atoms with Crippen molar-refractivity contribution < 1.29 is 18.4 Å². The van der Waals surface area contributed by atoms with Gasteiger partial charge in [-0.2, -0.15) is 0 Å². The van der Waals surface area contributed by atoms with Crippen LogP contribution in [0.15, 0.2) is 42.5 Å². The van der Waals surface area contributed by atoms with Crippen LogP contribution in [-0.4, -0.2) is 42.9 Å². The average molecular weight is 371 g/mol. The monoisotopic (exact) mass is 371 g/mol. The van der Waals surface area contributed by atoms with Crippen LogP contribution in [0.2, 0.25) is 0 Å². The number of hydrogen-bond donors (Lipinski definition) is 1. The number of nitrogens with zero attached hydrogens (tertiary/aromatic N) is 2. The molecule has 7 heteroatoms. The summed E-state index contributed by atoms with van der Waals surface area (Å²) in [6.07, 6.45) is 0.0466. The first kappa shape index (κ1) is 17.5. The Morgan fingerprint density at radius 3 is 2.52 bits per heavy atom. The van der Waals surface area contributed by atoms with Crippen molar-refractivity contribution in [1.29, 1.82) is 0 Å². The van der Waals surface area contributed by atoms with Crippen LogP contribution >= 0.6 is 0 Å². The van der Waals surface area contributed by atoms with E-state index in [4.69, 9.17) is 0 Å². The molecule has 0 bridgehead atoms. The highest BCUT2D eigenvalue weighted by atomic mass is 19.1. The number of nitrogens with one attached hydrogen (secondary N) is 1. The summed E-state index contributed by atoms with van der Waals surface area (Å²) in [4.78, 5) is 28.6. The normalized spacial score (nSPS) is 19.5. The fourth-order valence-electron chi connectivity index (χ4n) is 3.75. The number of carbonyl (C=O) groups is 2. The number of rotatable bonds is 2. The van der Waals surface area contributed by atoms with Crippen molar-refractivity contribution in [3.8, 4) is 0 Å². The SMILES string of the molecule is O=C1C[C@H](C(=O)N2CCN(c3ccccc3F)CC2)c2ccc(F)cc2N1. The van der Waals surface area contributed by atoms with Gasteiger partial charge in [-0.25, -0.2) is 8.78 Å². The topological polar surface area (TPSA) is 52.7 Å². The number of fused-ring (bicyclic) bond motifs is 1. The molecule has 0 unspecified atom stereocenters. The van der Waals surface area contributed by atoms with Crippen molar-refractivity contribution in [1.82, 2.24) is 4.90 Å². The largest absolute Gasteiger partial charge is 0.366 e. The molecule has 2 aromatic carbocycles. The predicted molar refractivity (Wildman–Crippen MR) is 97.6 cm³/mol. The van der Waals surface area contributed by atoms with Gasteiger partial charge in [0.25, 0.3) is 0 Å². The summed E-state index contributed by atoms with van der Waals surface area (Å²) in [6, 6.07) is 10.7. The number of amides is 2. The molecule has 2 aliphatic heterocycles. The Balaban J connectivity index is 1.49. The summed E-state index contributed by atoms with van der Waals surface area (Å²) in [5.41, 5.74) is 1.52. The van der Waals surface area contributed by atoms with E-state index >= 15 is 0 Å². The summed E-state index contributed by atoms with van der Waals surface area (Å²) in [7, 11) is 0. The van der Waals surface area contributed by atoms with Gasteiger partial charge < -0.3 is 15.1 Å². The van der Waals surface area contributed by atoms with E-state index in [0.717, 1.165) is 0 Å². The molecule has 1 N–H and O–H groups in total. The minimum Gasteiger partial charge on any atom is -0.366 e. The van der Waals surface area contributed by atoms with Crippen LogP contribution in [0.4, 0.5) is 20.2 Å². The molecule has 2 aromatic rings. The summed E-state index contributed by atoms with van der Waals surface area (Å²) in [6.45, 7) is 1.92. The van der Waals surface area contributed by atoms with Crippen LogP contribution < -0.4 is 10.2 Å². The van der Waals surface area contributed by atoms with E-state index in [2.05, 4.69) is 5.32 Å². The third-order valence-electron chi connectivity index (χ3n) is 5.14. The first-order valence-electron chi connectivity index (χ1n) is 8.90. The van der Waals surface area contributed by atoms with E-state index in [1.54, 1.807) is 29.2 Å². The van der Waals surface area contributed by atoms with Gasteiger partial charge in [0.15, 0.2) is 0 Å². The minimum atomic E-state index is -0.616. The molecule has 0 radical (unpaired) electrons. The third-order valence-corrected chi connectivity index (χ3v) is 5.14. The Hall–Kier alpha value is -2.96. The van der Waals surface area contributed by atoms with Gasteiger partial charge in [-0.1, -0.05) is 18.2 Å². The molecule has 1 atom stereocenters. The Morgan fingerprint density at radius 2 is 1.78 bits per heavy atom. The molecule has 0 spiro atoms. The van der Waals surface area contributed by atoms with Crippen LogP contribution in [0, 0.1) is 11.6 Å². The highest BCUT2D eigenvalue weighted by Crippen LogP contribution is 2.34. The Labute approximate surface area is 155 Å². The van der Waals surface area contributed by atoms with Crippen molar-refractivity contribution >= 4 is 23.2 Å². The maximum atomic E-state index is 14.0. The highest BCUT2D eigenvalue weighted by Gasteiger charge is 2.35. The minimum absolute atomic E-state index is 0.0466. The number of para-hydroxylation sites is 1. The maximum absolute atomic E-state index is 14.0. The summed E-state index contributed by atoms with van der Waals surface area (Å²) in [5.74, 6) is -1.80. The molecule has 2 aliphatic rings. The number of benzene rings is 2. The zero-order chi connectivity index (χ0) is 19.0. The van der Waals surface area contributed by atoms with Crippen molar-refractivity contribution in [2.75, 3.05) is 36.4 Å². The zero-order valence-corrected chi connectivity index (χ0v) is 14.6. The van der Waals surface area contributed by atoms with Gasteiger partial charge >= 0.3 is 0 Å². The summed E-state index contributed by atoms with van der Waals surface area (Å²) >= 11 is 0. The molecule has 140 valence electrons. The van der Waals surface area contributed by atoms with Crippen LogP contribution in [0.3, 0.4) is 0 Å². The molecule has 1 fully saturated rings. The van der Waals surface area contributed by atoms with Crippen molar-refractivity contribution in [2.24, 2.45) is 0 Å². The number of anilines is 2.